The monoisotopic (exact) mass is 353 g/mol. The number of benzene rings is 1. The van der Waals surface area contributed by atoms with Gasteiger partial charge in [-0.05, 0) is 38.0 Å². The van der Waals surface area contributed by atoms with Crippen LogP contribution in [0.25, 0.3) is 0 Å². The van der Waals surface area contributed by atoms with Gasteiger partial charge in [-0.25, -0.2) is 0 Å². The van der Waals surface area contributed by atoms with Gasteiger partial charge < -0.3 is 11.1 Å². The second-order valence-corrected chi connectivity index (χ2v) is 6.99. The predicted molar refractivity (Wildman–Crippen MR) is 88.9 cm³/mol. The van der Waals surface area contributed by atoms with Crippen molar-refractivity contribution in [2.45, 2.75) is 44.8 Å². The summed E-state index contributed by atoms with van der Waals surface area (Å²) in [6.07, 6.45) is 0.870. The molecular formula is C16H24BrN3O. The van der Waals surface area contributed by atoms with Crippen LogP contribution in [-0.2, 0) is 4.79 Å². The average Bonchev–Trinajstić information content (AvgIpc) is 2.45. The molecule has 1 aromatic rings. The maximum Gasteiger partial charge on any atom is 0.240 e. The largest absolute Gasteiger partial charge is 0.353 e. The van der Waals surface area contributed by atoms with Gasteiger partial charge >= 0.3 is 0 Å². The minimum atomic E-state index is -0.553. The number of rotatable bonds is 4. The van der Waals surface area contributed by atoms with Gasteiger partial charge in [0.2, 0.25) is 5.91 Å². The van der Waals surface area contributed by atoms with E-state index in [0.717, 1.165) is 23.0 Å². The van der Waals surface area contributed by atoms with Gasteiger partial charge in [-0.1, -0.05) is 35.0 Å². The molecular weight excluding hydrogens is 330 g/mol. The SMILES string of the molecule is CCC(N)C(c1ccc(Br)cc1)N1CCNC(=O)C1(C)C. The molecule has 0 aliphatic carbocycles. The van der Waals surface area contributed by atoms with E-state index in [2.05, 4.69) is 45.2 Å². The molecule has 0 spiro atoms. The first-order valence-corrected chi connectivity index (χ1v) is 8.23. The molecule has 2 unspecified atom stereocenters. The molecule has 0 bridgehead atoms. The third-order valence-electron chi connectivity index (χ3n) is 4.34. The van der Waals surface area contributed by atoms with Gasteiger partial charge in [0, 0.05) is 23.6 Å². The van der Waals surface area contributed by atoms with Crippen molar-refractivity contribution in [1.29, 1.82) is 0 Å². The summed E-state index contributed by atoms with van der Waals surface area (Å²) in [6.45, 7) is 7.51. The number of amides is 1. The Morgan fingerprint density at radius 1 is 1.38 bits per heavy atom. The van der Waals surface area contributed by atoms with E-state index in [9.17, 15) is 4.79 Å². The molecule has 21 heavy (non-hydrogen) atoms. The summed E-state index contributed by atoms with van der Waals surface area (Å²) in [5.74, 6) is 0.0687. The highest BCUT2D eigenvalue weighted by Gasteiger charge is 2.43. The van der Waals surface area contributed by atoms with Crippen molar-refractivity contribution in [1.82, 2.24) is 10.2 Å². The van der Waals surface area contributed by atoms with Crippen LogP contribution in [-0.4, -0.2) is 35.5 Å². The second kappa shape index (κ2) is 6.46. The van der Waals surface area contributed by atoms with Crippen LogP contribution in [0, 0.1) is 0 Å². The van der Waals surface area contributed by atoms with Crippen LogP contribution in [0.1, 0.15) is 38.8 Å². The zero-order chi connectivity index (χ0) is 15.6. The normalized spacial score (nSPS) is 21.7. The molecule has 116 valence electrons. The van der Waals surface area contributed by atoms with Gasteiger partial charge in [0.05, 0.1) is 11.6 Å². The molecule has 0 aromatic heterocycles. The first kappa shape index (κ1) is 16.5. The van der Waals surface area contributed by atoms with Crippen LogP contribution in [0.4, 0.5) is 0 Å². The van der Waals surface area contributed by atoms with E-state index < -0.39 is 5.54 Å². The van der Waals surface area contributed by atoms with E-state index in [-0.39, 0.29) is 18.0 Å². The van der Waals surface area contributed by atoms with E-state index in [1.54, 1.807) is 0 Å². The van der Waals surface area contributed by atoms with E-state index in [4.69, 9.17) is 5.73 Å². The summed E-state index contributed by atoms with van der Waals surface area (Å²) in [4.78, 5) is 14.5. The van der Waals surface area contributed by atoms with Crippen molar-refractivity contribution < 1.29 is 4.79 Å². The number of halogens is 1. The summed E-state index contributed by atoms with van der Waals surface area (Å²) >= 11 is 3.47. The number of piperazine rings is 1. The minimum Gasteiger partial charge on any atom is -0.353 e. The number of carbonyl (C=O) groups is 1. The summed E-state index contributed by atoms with van der Waals surface area (Å²) in [5.41, 5.74) is 7.01. The number of carbonyl (C=O) groups excluding carboxylic acids is 1. The van der Waals surface area contributed by atoms with Crippen LogP contribution >= 0.6 is 15.9 Å². The third-order valence-corrected chi connectivity index (χ3v) is 4.86. The molecule has 1 aliphatic rings. The van der Waals surface area contributed by atoms with E-state index in [0.29, 0.717) is 6.54 Å². The lowest BCUT2D eigenvalue weighted by atomic mass is 9.89. The van der Waals surface area contributed by atoms with Crippen molar-refractivity contribution in [2.24, 2.45) is 5.73 Å². The number of nitrogens with zero attached hydrogens (tertiary/aromatic N) is 1. The Labute approximate surface area is 135 Å². The zero-order valence-electron chi connectivity index (χ0n) is 12.9. The Bertz CT molecular complexity index is 501. The molecule has 1 aliphatic heterocycles. The van der Waals surface area contributed by atoms with Crippen LogP contribution in [0.2, 0.25) is 0 Å². The summed E-state index contributed by atoms with van der Waals surface area (Å²) < 4.78 is 1.05. The molecule has 5 heteroatoms. The zero-order valence-corrected chi connectivity index (χ0v) is 14.5. The predicted octanol–water partition coefficient (Wildman–Crippen LogP) is 2.44. The molecule has 2 atom stereocenters. The van der Waals surface area contributed by atoms with Gasteiger partial charge in [0.1, 0.15) is 0 Å². The summed E-state index contributed by atoms with van der Waals surface area (Å²) in [5, 5.41) is 2.95. The maximum absolute atomic E-state index is 12.2. The van der Waals surface area contributed by atoms with Crippen molar-refractivity contribution in [3.05, 3.63) is 34.3 Å². The molecule has 3 N–H and O–H groups in total. The Balaban J connectivity index is 2.40. The van der Waals surface area contributed by atoms with Gasteiger partial charge in [-0.2, -0.15) is 0 Å². The Kier molecular flexibility index (Phi) is 5.07. The lowest BCUT2D eigenvalue weighted by molar-refractivity contribution is -0.137. The lowest BCUT2D eigenvalue weighted by Gasteiger charge is -2.47. The topological polar surface area (TPSA) is 58.4 Å². The van der Waals surface area contributed by atoms with Gasteiger partial charge in [0.25, 0.3) is 0 Å². The highest BCUT2D eigenvalue weighted by atomic mass is 79.9. The molecule has 4 nitrogen and oxygen atoms in total. The number of hydrogen-bond acceptors (Lipinski definition) is 3. The van der Waals surface area contributed by atoms with Crippen LogP contribution in [0.5, 0.6) is 0 Å². The first-order valence-electron chi connectivity index (χ1n) is 7.44. The van der Waals surface area contributed by atoms with Gasteiger partial charge in [-0.3, -0.25) is 9.69 Å². The molecule has 0 radical (unpaired) electrons. The highest BCUT2D eigenvalue weighted by molar-refractivity contribution is 9.10. The van der Waals surface area contributed by atoms with E-state index in [1.165, 1.54) is 0 Å². The lowest BCUT2D eigenvalue weighted by Crippen LogP contribution is -2.64. The fourth-order valence-corrected chi connectivity index (χ4v) is 3.21. The van der Waals surface area contributed by atoms with Crippen molar-refractivity contribution >= 4 is 21.8 Å². The highest BCUT2D eigenvalue weighted by Crippen LogP contribution is 2.33. The van der Waals surface area contributed by atoms with Crippen LogP contribution < -0.4 is 11.1 Å². The second-order valence-electron chi connectivity index (χ2n) is 6.08. The van der Waals surface area contributed by atoms with Crippen molar-refractivity contribution in [2.75, 3.05) is 13.1 Å². The molecule has 1 aromatic carbocycles. The quantitative estimate of drug-likeness (QED) is 0.873. The third kappa shape index (κ3) is 3.30. The summed E-state index contributed by atoms with van der Waals surface area (Å²) in [6, 6.07) is 8.28. The molecule has 2 rings (SSSR count). The Morgan fingerprint density at radius 3 is 2.57 bits per heavy atom. The molecule has 0 saturated carbocycles. The fraction of sp³-hybridized carbons (Fsp3) is 0.562. The van der Waals surface area contributed by atoms with Crippen LogP contribution in [0.3, 0.4) is 0 Å². The smallest absolute Gasteiger partial charge is 0.240 e. The Morgan fingerprint density at radius 2 is 2.00 bits per heavy atom. The van der Waals surface area contributed by atoms with Gasteiger partial charge in [-0.15, -0.1) is 0 Å². The van der Waals surface area contributed by atoms with E-state index in [1.807, 2.05) is 26.0 Å². The number of nitrogens with one attached hydrogen (secondary N) is 1. The average molecular weight is 354 g/mol. The van der Waals surface area contributed by atoms with Gasteiger partial charge in [0.15, 0.2) is 0 Å². The standard InChI is InChI=1S/C16H24BrN3O/c1-4-13(18)14(11-5-7-12(17)8-6-11)20-10-9-19-15(21)16(20,2)3/h5-8,13-14H,4,9-10,18H2,1-3H3,(H,19,21). The maximum atomic E-state index is 12.2. The first-order chi connectivity index (χ1) is 9.87. The Hall–Kier alpha value is -0.910. The fourth-order valence-electron chi connectivity index (χ4n) is 2.94. The van der Waals surface area contributed by atoms with Crippen LogP contribution in [0.15, 0.2) is 28.7 Å². The summed E-state index contributed by atoms with van der Waals surface area (Å²) in [7, 11) is 0. The van der Waals surface area contributed by atoms with Crippen molar-refractivity contribution in [3.63, 3.8) is 0 Å². The number of hydrogen-bond donors (Lipinski definition) is 2. The minimum absolute atomic E-state index is 0.00338. The molecule has 1 fully saturated rings. The van der Waals surface area contributed by atoms with Crippen molar-refractivity contribution in [3.8, 4) is 0 Å². The number of nitrogens with two attached hydrogens (primary N) is 1. The van der Waals surface area contributed by atoms with E-state index >= 15 is 0 Å². The molecule has 1 saturated heterocycles. The molecule has 1 amide bonds. The molecule has 1 heterocycles.